The molecule has 2 heterocycles. The third-order valence-electron chi connectivity index (χ3n) is 2.01. The van der Waals surface area contributed by atoms with E-state index in [0.717, 1.165) is 5.52 Å². The number of anilines is 1. The number of nitrogens with zero attached hydrogens (tertiary/aromatic N) is 3. The van der Waals surface area contributed by atoms with Crippen LogP contribution in [0.5, 0.6) is 0 Å². The van der Waals surface area contributed by atoms with Crippen LogP contribution in [0.25, 0.3) is 11.2 Å². The number of primary amides is 1. The summed E-state index contributed by atoms with van der Waals surface area (Å²) in [4.78, 5) is 25.4. The van der Waals surface area contributed by atoms with E-state index >= 15 is 0 Å². The van der Waals surface area contributed by atoms with Crippen molar-refractivity contribution in [1.82, 2.24) is 19.9 Å². The van der Waals surface area contributed by atoms with Crippen LogP contribution in [0.4, 0.5) is 5.82 Å². The summed E-state index contributed by atoms with van der Waals surface area (Å²) in [6.45, 7) is 0.798. The summed E-state index contributed by atoms with van der Waals surface area (Å²) in [6, 6.07) is 0. The second kappa shape index (κ2) is 5.21. The maximum Gasteiger partial charge on any atom is 0.243 e. The third kappa shape index (κ3) is 2.88. The number of aromatic nitrogens is 4. The number of ether oxygens (including phenoxy) is 1. The number of fused-ring (bicyclic) bond motifs is 1. The molecule has 0 aromatic carbocycles. The van der Waals surface area contributed by atoms with E-state index in [1.807, 2.05) is 0 Å². The highest BCUT2D eigenvalue weighted by molar-refractivity contribution is 5.81. The Labute approximate surface area is 96.6 Å². The molecule has 0 aliphatic rings. The molecule has 4 N–H and O–H groups in total. The minimum Gasteiger partial charge on any atom is -0.370 e. The molecule has 0 saturated carbocycles. The van der Waals surface area contributed by atoms with Crippen LogP contribution in [-0.2, 0) is 9.53 Å². The summed E-state index contributed by atoms with van der Waals surface area (Å²) in [5, 5.41) is 3.05. The monoisotopic (exact) mass is 236 g/mol. The zero-order valence-corrected chi connectivity index (χ0v) is 9.01. The van der Waals surface area contributed by atoms with Gasteiger partial charge in [-0.1, -0.05) is 0 Å². The van der Waals surface area contributed by atoms with Crippen LogP contribution in [0.3, 0.4) is 0 Å². The standard InChI is InChI=1S/C9H12N6O2/c10-6(16)3-17-2-1-11-8-7-9(13-4-12-7)15-5-14-8/h4-5H,1-3H2,(H2,10,16)(H2,11,12,13,14,15). The molecule has 17 heavy (non-hydrogen) atoms. The number of rotatable bonds is 6. The van der Waals surface area contributed by atoms with Gasteiger partial charge in [0.2, 0.25) is 5.91 Å². The predicted molar refractivity (Wildman–Crippen MR) is 60.2 cm³/mol. The summed E-state index contributed by atoms with van der Waals surface area (Å²) in [6.07, 6.45) is 2.98. The molecule has 0 aliphatic heterocycles. The van der Waals surface area contributed by atoms with Crippen LogP contribution >= 0.6 is 0 Å². The zero-order chi connectivity index (χ0) is 12.1. The molecule has 1 amide bonds. The Morgan fingerprint density at radius 1 is 1.47 bits per heavy atom. The first-order valence-electron chi connectivity index (χ1n) is 5.01. The minimum absolute atomic E-state index is 0.0785. The summed E-state index contributed by atoms with van der Waals surface area (Å²) in [5.74, 6) is 0.165. The van der Waals surface area contributed by atoms with Crippen molar-refractivity contribution >= 4 is 22.9 Å². The van der Waals surface area contributed by atoms with E-state index < -0.39 is 5.91 Å². The second-order valence-corrected chi connectivity index (χ2v) is 3.27. The highest BCUT2D eigenvalue weighted by Gasteiger charge is 2.04. The molecule has 0 unspecified atom stereocenters. The van der Waals surface area contributed by atoms with E-state index in [4.69, 9.17) is 10.5 Å². The fourth-order valence-electron chi connectivity index (χ4n) is 1.31. The van der Waals surface area contributed by atoms with Crippen molar-refractivity contribution in [2.75, 3.05) is 25.1 Å². The molecule has 0 bridgehead atoms. The van der Waals surface area contributed by atoms with Crippen molar-refractivity contribution in [3.63, 3.8) is 0 Å². The Morgan fingerprint density at radius 3 is 3.18 bits per heavy atom. The molecule has 2 rings (SSSR count). The number of imidazole rings is 1. The molecular formula is C9H12N6O2. The highest BCUT2D eigenvalue weighted by Crippen LogP contribution is 2.13. The van der Waals surface area contributed by atoms with E-state index in [-0.39, 0.29) is 6.61 Å². The fraction of sp³-hybridized carbons (Fsp3) is 0.333. The number of nitrogens with two attached hydrogens (primary N) is 1. The molecule has 0 fully saturated rings. The van der Waals surface area contributed by atoms with Crippen molar-refractivity contribution in [2.24, 2.45) is 5.73 Å². The zero-order valence-electron chi connectivity index (χ0n) is 9.01. The smallest absolute Gasteiger partial charge is 0.243 e. The summed E-state index contributed by atoms with van der Waals surface area (Å²) in [7, 11) is 0. The number of hydrogen-bond acceptors (Lipinski definition) is 6. The van der Waals surface area contributed by atoms with E-state index in [0.29, 0.717) is 24.6 Å². The van der Waals surface area contributed by atoms with Crippen molar-refractivity contribution in [2.45, 2.75) is 0 Å². The van der Waals surface area contributed by atoms with Gasteiger partial charge in [0.05, 0.1) is 12.9 Å². The predicted octanol–water partition coefficient (Wildman–Crippen LogP) is -0.733. The van der Waals surface area contributed by atoms with Crippen LogP contribution < -0.4 is 11.1 Å². The van der Waals surface area contributed by atoms with Gasteiger partial charge >= 0.3 is 0 Å². The average Bonchev–Trinajstić information content (AvgIpc) is 2.77. The number of nitrogens with one attached hydrogen (secondary N) is 2. The first-order valence-corrected chi connectivity index (χ1v) is 5.01. The lowest BCUT2D eigenvalue weighted by molar-refractivity contribution is -0.122. The quantitative estimate of drug-likeness (QED) is 0.569. The van der Waals surface area contributed by atoms with Crippen molar-refractivity contribution < 1.29 is 9.53 Å². The normalized spacial score (nSPS) is 10.6. The van der Waals surface area contributed by atoms with Crippen LogP contribution in [0.1, 0.15) is 0 Å². The largest absolute Gasteiger partial charge is 0.370 e. The van der Waals surface area contributed by atoms with E-state index in [1.54, 1.807) is 6.33 Å². The Morgan fingerprint density at radius 2 is 2.35 bits per heavy atom. The molecular weight excluding hydrogens is 224 g/mol. The molecule has 8 heteroatoms. The average molecular weight is 236 g/mol. The van der Waals surface area contributed by atoms with Gasteiger partial charge in [-0.25, -0.2) is 15.0 Å². The number of aromatic amines is 1. The van der Waals surface area contributed by atoms with Crippen LogP contribution in [0.15, 0.2) is 12.7 Å². The number of hydrogen-bond donors (Lipinski definition) is 3. The van der Waals surface area contributed by atoms with Crippen LogP contribution in [-0.4, -0.2) is 45.6 Å². The maximum absolute atomic E-state index is 10.4. The Hall–Kier alpha value is -2.22. The van der Waals surface area contributed by atoms with Gasteiger partial charge in [-0.3, -0.25) is 4.79 Å². The molecule has 0 saturated heterocycles. The molecule has 0 atom stereocenters. The van der Waals surface area contributed by atoms with E-state index in [9.17, 15) is 4.79 Å². The van der Waals surface area contributed by atoms with Crippen LogP contribution in [0, 0.1) is 0 Å². The first-order chi connectivity index (χ1) is 8.27. The van der Waals surface area contributed by atoms with E-state index in [1.165, 1.54) is 6.33 Å². The van der Waals surface area contributed by atoms with Gasteiger partial charge in [-0.15, -0.1) is 0 Å². The Kier molecular flexibility index (Phi) is 3.46. The molecule has 8 nitrogen and oxygen atoms in total. The van der Waals surface area contributed by atoms with Gasteiger partial charge < -0.3 is 20.8 Å². The number of carbonyl (C=O) groups excluding carboxylic acids is 1. The van der Waals surface area contributed by atoms with E-state index in [2.05, 4.69) is 25.3 Å². The highest BCUT2D eigenvalue weighted by atomic mass is 16.5. The van der Waals surface area contributed by atoms with Gasteiger partial charge in [-0.05, 0) is 0 Å². The van der Waals surface area contributed by atoms with Gasteiger partial charge in [0, 0.05) is 6.54 Å². The van der Waals surface area contributed by atoms with Gasteiger partial charge in [0.1, 0.15) is 18.5 Å². The van der Waals surface area contributed by atoms with Gasteiger partial charge in [0.25, 0.3) is 0 Å². The summed E-state index contributed by atoms with van der Waals surface area (Å²) >= 11 is 0. The maximum atomic E-state index is 10.4. The lowest BCUT2D eigenvalue weighted by atomic mass is 10.5. The summed E-state index contributed by atoms with van der Waals surface area (Å²) in [5.41, 5.74) is 6.26. The number of H-pyrrole nitrogens is 1. The number of amides is 1. The van der Waals surface area contributed by atoms with Crippen molar-refractivity contribution in [3.8, 4) is 0 Å². The lowest BCUT2D eigenvalue weighted by Gasteiger charge is -2.05. The summed E-state index contributed by atoms with van der Waals surface area (Å²) < 4.78 is 5.00. The van der Waals surface area contributed by atoms with Crippen molar-refractivity contribution in [1.29, 1.82) is 0 Å². The molecule has 0 aliphatic carbocycles. The van der Waals surface area contributed by atoms with Gasteiger partial charge in [0.15, 0.2) is 11.5 Å². The lowest BCUT2D eigenvalue weighted by Crippen LogP contribution is -2.20. The number of carbonyl (C=O) groups is 1. The first kappa shape index (κ1) is 11.3. The topological polar surface area (TPSA) is 119 Å². The molecule has 2 aromatic heterocycles. The Bertz CT molecular complexity index is 511. The Balaban J connectivity index is 1.86. The molecule has 0 spiro atoms. The minimum atomic E-state index is -0.483. The third-order valence-corrected chi connectivity index (χ3v) is 2.01. The molecule has 0 radical (unpaired) electrons. The fourth-order valence-corrected chi connectivity index (χ4v) is 1.31. The molecule has 90 valence electrons. The van der Waals surface area contributed by atoms with Crippen molar-refractivity contribution in [3.05, 3.63) is 12.7 Å². The van der Waals surface area contributed by atoms with Gasteiger partial charge in [-0.2, -0.15) is 0 Å². The molecule has 2 aromatic rings. The van der Waals surface area contributed by atoms with Crippen LogP contribution in [0.2, 0.25) is 0 Å². The SMILES string of the molecule is NC(=O)COCCNc1ncnc2nc[nH]c12. The second-order valence-electron chi connectivity index (χ2n) is 3.27.